The monoisotopic (exact) mass is 412 g/mol. The van der Waals surface area contributed by atoms with E-state index in [0.29, 0.717) is 0 Å². The number of halogens is 2. The molecular weight excluding hydrogens is 408 g/mol. The number of hydrogen-bond donors (Lipinski definition) is 0. The Morgan fingerprint density at radius 3 is 2.59 bits per heavy atom. The highest BCUT2D eigenvalue weighted by Gasteiger charge is 2.18. The fourth-order valence-corrected chi connectivity index (χ4v) is 4.90. The number of allylic oxidation sites excluding steroid dienone is 1. The summed E-state index contributed by atoms with van der Waals surface area (Å²) in [6.45, 7) is 0. The van der Waals surface area contributed by atoms with Crippen molar-refractivity contribution in [3.8, 4) is 5.06 Å². The fourth-order valence-electron chi connectivity index (χ4n) is 1.23. The van der Waals surface area contributed by atoms with Gasteiger partial charge in [-0.15, -0.1) is 0 Å². The Hall–Kier alpha value is 0.180. The number of carbonyl (C=O) groups is 1. The van der Waals surface area contributed by atoms with E-state index < -0.39 is 9.45 Å². The van der Waals surface area contributed by atoms with Crippen LogP contribution < -0.4 is 4.74 Å². The fraction of sp³-hybridized carbons (Fsp3) is 0.100. The summed E-state index contributed by atoms with van der Waals surface area (Å²) < 4.78 is 7.03. The lowest BCUT2D eigenvalue weighted by Gasteiger charge is -1.95. The first-order chi connectivity index (χ1) is 8.04. The first-order valence-corrected chi connectivity index (χ1v) is 8.97. The SMILES string of the molecule is COc1sc(C=C2C=CC(=O)S2=S)c(Br)c1Br. The first kappa shape index (κ1) is 13.6. The molecule has 0 N–H and O–H groups in total. The molecule has 0 radical (unpaired) electrons. The molecule has 1 unspecified atom stereocenters. The summed E-state index contributed by atoms with van der Waals surface area (Å²) in [5.74, 6) is 0. The highest BCUT2D eigenvalue weighted by atomic mass is 79.9. The van der Waals surface area contributed by atoms with Crippen LogP contribution in [0, 0.1) is 0 Å². The van der Waals surface area contributed by atoms with Gasteiger partial charge in [0.15, 0.2) is 5.06 Å². The Bertz CT molecular complexity index is 572. The van der Waals surface area contributed by atoms with E-state index in [1.54, 1.807) is 13.2 Å². The van der Waals surface area contributed by atoms with Crippen molar-refractivity contribution in [2.45, 2.75) is 0 Å². The highest BCUT2D eigenvalue weighted by molar-refractivity contribution is 9.13. The van der Waals surface area contributed by atoms with Crippen molar-refractivity contribution in [1.82, 2.24) is 0 Å². The van der Waals surface area contributed by atoms with Gasteiger partial charge < -0.3 is 4.74 Å². The quantitative estimate of drug-likeness (QED) is 0.737. The van der Waals surface area contributed by atoms with Crippen LogP contribution in [0.4, 0.5) is 0 Å². The third kappa shape index (κ3) is 2.63. The van der Waals surface area contributed by atoms with E-state index in [0.717, 1.165) is 23.8 Å². The molecule has 1 aliphatic heterocycles. The van der Waals surface area contributed by atoms with Gasteiger partial charge in [-0.2, -0.15) is 0 Å². The van der Waals surface area contributed by atoms with Crippen molar-refractivity contribution in [2.75, 3.05) is 7.11 Å². The molecule has 0 fully saturated rings. The molecule has 1 aliphatic rings. The molecule has 7 heteroatoms. The van der Waals surface area contributed by atoms with Crippen LogP contribution in [0.15, 0.2) is 26.0 Å². The normalized spacial score (nSPS) is 21.5. The van der Waals surface area contributed by atoms with Crippen LogP contribution in [0.1, 0.15) is 4.88 Å². The molecule has 0 aliphatic carbocycles. The van der Waals surface area contributed by atoms with E-state index in [2.05, 4.69) is 31.9 Å². The molecule has 0 aromatic carbocycles. The van der Waals surface area contributed by atoms with Gasteiger partial charge in [-0.1, -0.05) is 11.3 Å². The van der Waals surface area contributed by atoms with E-state index >= 15 is 0 Å². The van der Waals surface area contributed by atoms with Crippen LogP contribution in [0.3, 0.4) is 0 Å². The lowest BCUT2D eigenvalue weighted by Crippen LogP contribution is -1.95. The minimum atomic E-state index is -0.739. The topological polar surface area (TPSA) is 26.3 Å². The predicted molar refractivity (Wildman–Crippen MR) is 83.1 cm³/mol. The molecule has 0 saturated carbocycles. The van der Waals surface area contributed by atoms with E-state index in [-0.39, 0.29) is 5.12 Å². The Morgan fingerprint density at radius 2 is 2.12 bits per heavy atom. The molecule has 2 nitrogen and oxygen atoms in total. The second-order valence-corrected chi connectivity index (χ2v) is 8.07. The largest absolute Gasteiger partial charge is 0.486 e. The van der Waals surface area contributed by atoms with Crippen LogP contribution in [0.5, 0.6) is 5.06 Å². The van der Waals surface area contributed by atoms with Crippen molar-refractivity contribution in [3.05, 3.63) is 30.9 Å². The van der Waals surface area contributed by atoms with Gasteiger partial charge in [-0.25, -0.2) is 0 Å². The summed E-state index contributed by atoms with van der Waals surface area (Å²) in [4.78, 5) is 13.2. The summed E-state index contributed by atoms with van der Waals surface area (Å²) >= 11 is 13.6. The third-order valence-corrected chi connectivity index (χ3v) is 8.02. The maximum atomic E-state index is 11.3. The molecule has 1 aromatic heterocycles. The number of hydrogen-bond acceptors (Lipinski definition) is 4. The molecule has 0 saturated heterocycles. The lowest BCUT2D eigenvalue weighted by atomic mass is 10.4. The van der Waals surface area contributed by atoms with E-state index in [4.69, 9.17) is 15.9 Å². The summed E-state index contributed by atoms with van der Waals surface area (Å²) in [5.41, 5.74) is 0. The summed E-state index contributed by atoms with van der Waals surface area (Å²) in [6, 6.07) is 0. The average Bonchev–Trinajstić information content (AvgIpc) is 2.77. The molecule has 2 heterocycles. The zero-order chi connectivity index (χ0) is 12.6. The van der Waals surface area contributed by atoms with Crippen LogP contribution >= 0.6 is 43.2 Å². The van der Waals surface area contributed by atoms with Crippen molar-refractivity contribution >= 4 is 75.0 Å². The van der Waals surface area contributed by atoms with Gasteiger partial charge >= 0.3 is 0 Å². The molecular formula is C10H6Br2O2S3. The zero-order valence-corrected chi connectivity index (χ0v) is 14.2. The van der Waals surface area contributed by atoms with Crippen LogP contribution in [-0.2, 0) is 25.4 Å². The molecule has 0 spiro atoms. The molecule has 17 heavy (non-hydrogen) atoms. The Kier molecular flexibility index (Phi) is 4.35. The van der Waals surface area contributed by atoms with Crippen molar-refractivity contribution < 1.29 is 9.53 Å². The number of ether oxygens (including phenoxy) is 1. The van der Waals surface area contributed by atoms with Gasteiger partial charge in [0, 0.05) is 9.78 Å². The summed E-state index contributed by atoms with van der Waals surface area (Å²) in [5, 5.41) is 0.797. The van der Waals surface area contributed by atoms with Gasteiger partial charge in [0.05, 0.1) is 16.1 Å². The Labute approximate surface area is 127 Å². The average molecular weight is 414 g/mol. The summed E-state index contributed by atoms with van der Waals surface area (Å²) in [7, 11) is 0.882. The molecule has 0 bridgehead atoms. The van der Waals surface area contributed by atoms with Gasteiger partial charge in [0.25, 0.3) is 0 Å². The van der Waals surface area contributed by atoms with Crippen molar-refractivity contribution in [2.24, 2.45) is 0 Å². The minimum absolute atomic E-state index is 0.00459. The molecule has 0 amide bonds. The maximum absolute atomic E-state index is 11.3. The first-order valence-electron chi connectivity index (χ1n) is 4.42. The second kappa shape index (κ2) is 5.44. The van der Waals surface area contributed by atoms with E-state index in [1.165, 1.54) is 17.4 Å². The number of thiophene rings is 1. The number of rotatable bonds is 2. The molecule has 1 aromatic rings. The van der Waals surface area contributed by atoms with Gasteiger partial charge in [-0.05, 0) is 70.7 Å². The Morgan fingerprint density at radius 1 is 1.41 bits per heavy atom. The summed E-state index contributed by atoms with van der Waals surface area (Å²) in [6.07, 6.45) is 5.25. The number of carbonyl (C=O) groups excluding carboxylic acids is 1. The van der Waals surface area contributed by atoms with Crippen LogP contribution in [-0.4, -0.2) is 12.2 Å². The van der Waals surface area contributed by atoms with Crippen LogP contribution in [0.2, 0.25) is 0 Å². The van der Waals surface area contributed by atoms with Gasteiger partial charge in [-0.3, -0.25) is 4.79 Å². The van der Waals surface area contributed by atoms with E-state index in [1.807, 2.05) is 6.08 Å². The van der Waals surface area contributed by atoms with E-state index in [9.17, 15) is 4.79 Å². The van der Waals surface area contributed by atoms with Gasteiger partial charge in [0.1, 0.15) is 0 Å². The second-order valence-electron chi connectivity index (χ2n) is 3.05. The number of methoxy groups -OCH3 is 1. The smallest absolute Gasteiger partial charge is 0.220 e. The predicted octanol–water partition coefficient (Wildman–Crippen LogP) is 3.80. The van der Waals surface area contributed by atoms with Gasteiger partial charge in [0.2, 0.25) is 5.12 Å². The van der Waals surface area contributed by atoms with Crippen molar-refractivity contribution in [3.63, 3.8) is 0 Å². The standard InChI is InChI=1S/C10H6Br2O2S3/c1-14-10-9(12)8(11)6(16-10)4-5-2-3-7(13)17(5)15/h2-4H,1H3. The maximum Gasteiger partial charge on any atom is 0.220 e. The minimum Gasteiger partial charge on any atom is -0.486 e. The zero-order valence-electron chi connectivity index (χ0n) is 8.53. The van der Waals surface area contributed by atoms with Crippen molar-refractivity contribution in [1.29, 1.82) is 0 Å². The highest BCUT2D eigenvalue weighted by Crippen LogP contribution is 2.44. The van der Waals surface area contributed by atoms with Crippen LogP contribution in [0.25, 0.3) is 6.08 Å². The molecule has 90 valence electrons. The molecule has 2 rings (SSSR count). The third-order valence-electron chi connectivity index (χ3n) is 2.03. The lowest BCUT2D eigenvalue weighted by molar-refractivity contribution is -0.107. The Balaban J connectivity index is 2.43. The molecule has 1 atom stereocenters.